The molecule has 0 aromatic heterocycles. The lowest BCUT2D eigenvalue weighted by Gasteiger charge is -2.15. The molecule has 0 aliphatic heterocycles. The maximum absolute atomic E-state index is 6.00. The maximum Gasteiger partial charge on any atom is 0.120 e. The second-order valence-corrected chi connectivity index (χ2v) is 8.21. The van der Waals surface area contributed by atoms with Crippen LogP contribution in [0.2, 0.25) is 0 Å². The molecule has 0 radical (unpaired) electrons. The summed E-state index contributed by atoms with van der Waals surface area (Å²) >= 11 is 0. The Bertz CT molecular complexity index is 768. The van der Waals surface area contributed by atoms with Gasteiger partial charge in [-0.2, -0.15) is 0 Å². The summed E-state index contributed by atoms with van der Waals surface area (Å²) in [5, 5.41) is 0. The summed E-state index contributed by atoms with van der Waals surface area (Å²) in [5.41, 5.74) is 3.99. The number of nitrogens with zero attached hydrogens (tertiary/aromatic N) is 1. The number of aryl methyl sites for hydroxylation is 1. The largest absolute Gasteiger partial charge is 0.489 e. The molecule has 2 aromatic carbocycles. The van der Waals surface area contributed by atoms with E-state index in [2.05, 4.69) is 106 Å². The Hall–Kier alpha value is -2.32. The predicted molar refractivity (Wildman–Crippen MR) is 116 cm³/mol. The Morgan fingerprint density at radius 2 is 1.78 bits per heavy atom. The molecule has 0 saturated heterocycles. The third kappa shape index (κ3) is 8.27. The van der Waals surface area contributed by atoms with Crippen LogP contribution in [0.15, 0.2) is 72.8 Å². The van der Waals surface area contributed by atoms with E-state index in [4.69, 9.17) is 4.74 Å². The van der Waals surface area contributed by atoms with Gasteiger partial charge in [-0.3, -0.25) is 4.90 Å². The van der Waals surface area contributed by atoms with E-state index in [1.165, 1.54) is 16.7 Å². The molecular formula is C25H33NO. The van der Waals surface area contributed by atoms with Crippen molar-refractivity contribution >= 4 is 0 Å². The minimum Gasteiger partial charge on any atom is -0.489 e. The first-order valence-electron chi connectivity index (χ1n) is 9.63. The molecule has 0 N–H and O–H groups in total. The number of benzene rings is 2. The lowest BCUT2D eigenvalue weighted by Crippen LogP contribution is -2.17. The predicted octanol–water partition coefficient (Wildman–Crippen LogP) is 6.16. The third-order valence-corrected chi connectivity index (χ3v) is 4.27. The van der Waals surface area contributed by atoms with E-state index in [1.54, 1.807) is 0 Å². The van der Waals surface area contributed by atoms with Gasteiger partial charge in [0.15, 0.2) is 0 Å². The highest BCUT2D eigenvalue weighted by Crippen LogP contribution is 2.18. The fourth-order valence-corrected chi connectivity index (χ4v) is 2.71. The van der Waals surface area contributed by atoms with Crippen LogP contribution in [0.4, 0.5) is 0 Å². The van der Waals surface area contributed by atoms with Gasteiger partial charge in [-0.1, -0.05) is 81.5 Å². The standard InChI is InChI=1S/C25H33NO/c1-21-12-7-8-14-23(21)20-27-24-15-11-13-22(18-24)19-26(5)17-10-6-9-16-25(2,3)4/h6-16,18H,17,19-20H2,1-5H3. The number of likely N-dealkylation sites (N-methyl/N-ethyl adjacent to an activating group) is 1. The van der Waals surface area contributed by atoms with Gasteiger partial charge >= 0.3 is 0 Å². The van der Waals surface area contributed by atoms with Crippen LogP contribution >= 0.6 is 0 Å². The van der Waals surface area contributed by atoms with E-state index < -0.39 is 0 Å². The van der Waals surface area contributed by atoms with Crippen LogP contribution in [0, 0.1) is 12.3 Å². The highest BCUT2D eigenvalue weighted by atomic mass is 16.5. The number of allylic oxidation sites excluding steroid dienone is 3. The van der Waals surface area contributed by atoms with Crippen molar-refractivity contribution in [3.05, 3.63) is 89.5 Å². The summed E-state index contributed by atoms with van der Waals surface area (Å²) in [7, 11) is 2.14. The Kier molecular flexibility index (Phi) is 7.87. The van der Waals surface area contributed by atoms with Gasteiger partial charge in [0.2, 0.25) is 0 Å². The van der Waals surface area contributed by atoms with Crippen molar-refractivity contribution in [1.82, 2.24) is 4.90 Å². The molecule has 0 saturated carbocycles. The summed E-state index contributed by atoms with van der Waals surface area (Å²) in [6.07, 6.45) is 8.68. The minimum atomic E-state index is 0.231. The van der Waals surface area contributed by atoms with E-state index in [9.17, 15) is 0 Å². The number of hydrogen-bond acceptors (Lipinski definition) is 2. The Labute approximate surface area is 165 Å². The number of hydrogen-bond donors (Lipinski definition) is 0. The zero-order valence-corrected chi connectivity index (χ0v) is 17.4. The first-order chi connectivity index (χ1) is 12.8. The molecule has 0 aliphatic rings. The van der Waals surface area contributed by atoms with Crippen molar-refractivity contribution in [2.24, 2.45) is 5.41 Å². The molecule has 2 nitrogen and oxygen atoms in total. The van der Waals surface area contributed by atoms with Crippen LogP contribution < -0.4 is 4.74 Å². The SMILES string of the molecule is Cc1ccccc1COc1cccc(CN(C)CC=CC=CC(C)(C)C)c1. The third-order valence-electron chi connectivity index (χ3n) is 4.27. The lowest BCUT2D eigenvalue weighted by atomic mass is 9.96. The van der Waals surface area contributed by atoms with Crippen LogP contribution in [0.3, 0.4) is 0 Å². The average molecular weight is 364 g/mol. The summed E-state index contributed by atoms with van der Waals surface area (Å²) in [6.45, 7) is 11.2. The van der Waals surface area contributed by atoms with Crippen LogP contribution in [-0.2, 0) is 13.2 Å². The maximum atomic E-state index is 6.00. The van der Waals surface area contributed by atoms with Gasteiger partial charge in [0.1, 0.15) is 12.4 Å². The molecule has 0 fully saturated rings. The van der Waals surface area contributed by atoms with Crippen LogP contribution in [-0.4, -0.2) is 18.5 Å². The van der Waals surface area contributed by atoms with Gasteiger partial charge in [0.05, 0.1) is 0 Å². The lowest BCUT2D eigenvalue weighted by molar-refractivity contribution is 0.304. The summed E-state index contributed by atoms with van der Waals surface area (Å²) in [5.74, 6) is 0.924. The smallest absolute Gasteiger partial charge is 0.120 e. The zero-order valence-electron chi connectivity index (χ0n) is 17.4. The zero-order chi connectivity index (χ0) is 19.7. The monoisotopic (exact) mass is 363 g/mol. The highest BCUT2D eigenvalue weighted by Gasteiger charge is 2.03. The van der Waals surface area contributed by atoms with E-state index in [0.29, 0.717) is 6.61 Å². The molecule has 144 valence electrons. The number of rotatable bonds is 8. The second kappa shape index (κ2) is 10.1. The van der Waals surface area contributed by atoms with Gasteiger partial charge in [0.25, 0.3) is 0 Å². The van der Waals surface area contributed by atoms with Gasteiger partial charge in [0, 0.05) is 13.1 Å². The normalized spacial score (nSPS) is 12.4. The van der Waals surface area contributed by atoms with Gasteiger partial charge in [-0.15, -0.1) is 0 Å². The Morgan fingerprint density at radius 1 is 1.00 bits per heavy atom. The summed E-state index contributed by atoms with van der Waals surface area (Å²) in [6, 6.07) is 16.7. The molecule has 27 heavy (non-hydrogen) atoms. The topological polar surface area (TPSA) is 12.5 Å². The van der Waals surface area contributed by atoms with Crippen molar-refractivity contribution in [2.45, 2.75) is 40.8 Å². The van der Waals surface area contributed by atoms with E-state index in [0.717, 1.165) is 18.8 Å². The molecule has 0 bridgehead atoms. The second-order valence-electron chi connectivity index (χ2n) is 8.21. The fourth-order valence-electron chi connectivity index (χ4n) is 2.71. The van der Waals surface area contributed by atoms with Gasteiger partial charge in [-0.25, -0.2) is 0 Å². The van der Waals surface area contributed by atoms with Crippen molar-refractivity contribution in [1.29, 1.82) is 0 Å². The molecule has 0 heterocycles. The molecule has 0 atom stereocenters. The average Bonchev–Trinajstić information content (AvgIpc) is 2.60. The van der Waals surface area contributed by atoms with Crippen molar-refractivity contribution in [3.8, 4) is 5.75 Å². The first-order valence-corrected chi connectivity index (χ1v) is 9.63. The van der Waals surface area contributed by atoms with Crippen LogP contribution in [0.1, 0.15) is 37.5 Å². The molecule has 0 amide bonds. The molecule has 0 unspecified atom stereocenters. The molecule has 2 aromatic rings. The Morgan fingerprint density at radius 3 is 2.52 bits per heavy atom. The molecule has 2 heteroatoms. The summed E-state index contributed by atoms with van der Waals surface area (Å²) < 4.78 is 6.00. The van der Waals surface area contributed by atoms with Crippen LogP contribution in [0.5, 0.6) is 5.75 Å². The van der Waals surface area contributed by atoms with E-state index >= 15 is 0 Å². The minimum absolute atomic E-state index is 0.231. The number of ether oxygens (including phenoxy) is 1. The molecule has 0 aliphatic carbocycles. The first kappa shape index (κ1) is 21.0. The Balaban J connectivity index is 1.85. The van der Waals surface area contributed by atoms with Gasteiger partial charge < -0.3 is 4.74 Å². The quantitative estimate of drug-likeness (QED) is 0.520. The molecule has 0 spiro atoms. The van der Waals surface area contributed by atoms with Gasteiger partial charge in [-0.05, 0) is 48.2 Å². The summed E-state index contributed by atoms with van der Waals surface area (Å²) in [4.78, 5) is 2.29. The molecular weight excluding hydrogens is 330 g/mol. The van der Waals surface area contributed by atoms with Crippen molar-refractivity contribution in [3.63, 3.8) is 0 Å². The van der Waals surface area contributed by atoms with Crippen molar-refractivity contribution in [2.75, 3.05) is 13.6 Å². The van der Waals surface area contributed by atoms with Crippen LogP contribution in [0.25, 0.3) is 0 Å². The van der Waals surface area contributed by atoms with Crippen molar-refractivity contribution < 1.29 is 4.74 Å². The highest BCUT2D eigenvalue weighted by molar-refractivity contribution is 5.30. The molecule has 2 rings (SSSR count). The fraction of sp³-hybridized carbons (Fsp3) is 0.360. The van der Waals surface area contributed by atoms with E-state index in [-0.39, 0.29) is 5.41 Å². The van der Waals surface area contributed by atoms with E-state index in [1.807, 2.05) is 6.07 Å².